The van der Waals surface area contributed by atoms with Crippen LogP contribution < -0.4 is 0 Å². The lowest BCUT2D eigenvalue weighted by Crippen LogP contribution is -2.26. The number of carboxylic acid groups (broad SMARTS) is 1. The van der Waals surface area contributed by atoms with Crippen LogP contribution in [-0.2, 0) is 17.8 Å². The van der Waals surface area contributed by atoms with E-state index in [1.807, 2.05) is 35.0 Å². The Balaban J connectivity index is 1.91. The molecule has 19 heavy (non-hydrogen) atoms. The Morgan fingerprint density at radius 2 is 2.11 bits per heavy atom. The fraction of sp³-hybridized carbons (Fsp3) is 0.286. The normalized spacial score (nSPS) is 18.1. The van der Waals surface area contributed by atoms with Gasteiger partial charge in [0.15, 0.2) is 0 Å². The third-order valence-electron chi connectivity index (χ3n) is 3.48. The van der Waals surface area contributed by atoms with Crippen LogP contribution in [0, 0.1) is 5.92 Å². The van der Waals surface area contributed by atoms with E-state index in [0.717, 1.165) is 17.1 Å². The summed E-state index contributed by atoms with van der Waals surface area (Å²) >= 11 is 5.86. The zero-order chi connectivity index (χ0) is 13.4. The molecule has 1 aromatic heterocycles. The van der Waals surface area contributed by atoms with E-state index < -0.39 is 5.97 Å². The summed E-state index contributed by atoms with van der Waals surface area (Å²) in [7, 11) is 0. The quantitative estimate of drug-likeness (QED) is 0.918. The van der Waals surface area contributed by atoms with Gasteiger partial charge in [0.25, 0.3) is 0 Å². The highest BCUT2D eigenvalue weighted by atomic mass is 35.5. The number of imidazole rings is 1. The van der Waals surface area contributed by atoms with Gasteiger partial charge in [-0.3, -0.25) is 4.79 Å². The highest BCUT2D eigenvalue weighted by Gasteiger charge is 2.25. The highest BCUT2D eigenvalue weighted by Crippen LogP contribution is 2.25. The van der Waals surface area contributed by atoms with E-state index in [1.54, 1.807) is 0 Å². The second-order valence-corrected chi connectivity index (χ2v) is 5.21. The zero-order valence-corrected chi connectivity index (χ0v) is 11.0. The summed E-state index contributed by atoms with van der Waals surface area (Å²) < 4.78 is 1.95. The number of carboxylic acids is 1. The van der Waals surface area contributed by atoms with Crippen LogP contribution in [0.2, 0.25) is 5.02 Å². The van der Waals surface area contributed by atoms with E-state index >= 15 is 0 Å². The van der Waals surface area contributed by atoms with E-state index in [9.17, 15) is 4.79 Å². The van der Waals surface area contributed by atoms with Crippen LogP contribution in [0.25, 0.3) is 11.3 Å². The van der Waals surface area contributed by atoms with Gasteiger partial charge in [-0.1, -0.05) is 23.7 Å². The third-order valence-corrected chi connectivity index (χ3v) is 3.73. The van der Waals surface area contributed by atoms with E-state index in [4.69, 9.17) is 16.7 Å². The first-order chi connectivity index (χ1) is 9.13. The molecule has 1 N–H and O–H groups in total. The van der Waals surface area contributed by atoms with Gasteiger partial charge in [-0.15, -0.1) is 0 Å². The van der Waals surface area contributed by atoms with Crippen LogP contribution in [0.1, 0.15) is 12.2 Å². The summed E-state index contributed by atoms with van der Waals surface area (Å²) in [6.45, 7) is 0.505. The molecule has 1 aliphatic heterocycles. The molecular weight excluding hydrogens is 264 g/mol. The van der Waals surface area contributed by atoms with Crippen LogP contribution in [0.4, 0.5) is 0 Å². The number of aromatic nitrogens is 2. The van der Waals surface area contributed by atoms with Gasteiger partial charge in [0, 0.05) is 29.7 Å². The number of rotatable bonds is 2. The Kier molecular flexibility index (Phi) is 3.03. The van der Waals surface area contributed by atoms with Gasteiger partial charge in [-0.05, 0) is 18.6 Å². The number of benzene rings is 1. The number of carbonyl (C=O) groups is 1. The van der Waals surface area contributed by atoms with Crippen molar-refractivity contribution in [2.24, 2.45) is 5.92 Å². The standard InChI is InChI=1S/C14H13ClN2O2/c15-11-4-1-9(2-5-11)12-8-17-7-10(14(18)19)3-6-13(17)16-12/h1-2,4-5,8,10H,3,6-7H2,(H,18,19). The van der Waals surface area contributed by atoms with Gasteiger partial charge >= 0.3 is 5.97 Å². The number of hydrogen-bond donors (Lipinski definition) is 1. The average molecular weight is 277 g/mol. The first-order valence-corrected chi connectivity index (χ1v) is 6.56. The summed E-state index contributed by atoms with van der Waals surface area (Å²) in [5.74, 6) is -0.0744. The molecule has 2 heterocycles. The smallest absolute Gasteiger partial charge is 0.308 e. The van der Waals surface area contributed by atoms with Crippen molar-refractivity contribution in [3.8, 4) is 11.3 Å². The molecule has 2 aromatic rings. The van der Waals surface area contributed by atoms with Gasteiger partial charge in [0.05, 0.1) is 11.6 Å². The maximum absolute atomic E-state index is 11.0. The van der Waals surface area contributed by atoms with Crippen LogP contribution in [0.3, 0.4) is 0 Å². The van der Waals surface area contributed by atoms with Gasteiger partial charge in [0.1, 0.15) is 5.82 Å². The molecule has 1 atom stereocenters. The molecule has 1 aromatic carbocycles. The van der Waals surface area contributed by atoms with Crippen molar-refractivity contribution in [2.45, 2.75) is 19.4 Å². The van der Waals surface area contributed by atoms with Gasteiger partial charge in [-0.2, -0.15) is 0 Å². The molecule has 0 amide bonds. The van der Waals surface area contributed by atoms with Crippen molar-refractivity contribution in [3.63, 3.8) is 0 Å². The van der Waals surface area contributed by atoms with Crippen molar-refractivity contribution in [2.75, 3.05) is 0 Å². The van der Waals surface area contributed by atoms with E-state index in [2.05, 4.69) is 4.98 Å². The fourth-order valence-corrected chi connectivity index (χ4v) is 2.53. The Morgan fingerprint density at radius 1 is 1.37 bits per heavy atom. The Morgan fingerprint density at radius 3 is 2.79 bits per heavy atom. The summed E-state index contributed by atoms with van der Waals surface area (Å²) in [5.41, 5.74) is 1.87. The van der Waals surface area contributed by atoms with E-state index in [1.165, 1.54) is 0 Å². The topological polar surface area (TPSA) is 55.1 Å². The second kappa shape index (κ2) is 4.70. The predicted octanol–water partition coefficient (Wildman–Crippen LogP) is 2.85. The Labute approximate surface area is 115 Å². The predicted molar refractivity (Wildman–Crippen MR) is 72.1 cm³/mol. The van der Waals surface area contributed by atoms with Crippen LogP contribution in [0.5, 0.6) is 0 Å². The van der Waals surface area contributed by atoms with Gasteiger partial charge < -0.3 is 9.67 Å². The van der Waals surface area contributed by atoms with Crippen molar-refractivity contribution < 1.29 is 9.90 Å². The molecule has 0 saturated heterocycles. The molecule has 1 unspecified atom stereocenters. The zero-order valence-electron chi connectivity index (χ0n) is 10.2. The lowest BCUT2D eigenvalue weighted by molar-refractivity contribution is -0.142. The Bertz CT molecular complexity index is 619. The summed E-state index contributed by atoms with van der Waals surface area (Å²) in [6.07, 6.45) is 3.30. The molecule has 0 spiro atoms. The fourth-order valence-electron chi connectivity index (χ4n) is 2.41. The van der Waals surface area contributed by atoms with Crippen LogP contribution in [0.15, 0.2) is 30.5 Å². The molecule has 0 saturated carbocycles. The molecule has 98 valence electrons. The maximum Gasteiger partial charge on any atom is 0.308 e. The van der Waals surface area contributed by atoms with Crippen LogP contribution in [-0.4, -0.2) is 20.6 Å². The van der Waals surface area contributed by atoms with Crippen molar-refractivity contribution in [1.29, 1.82) is 0 Å². The van der Waals surface area contributed by atoms with E-state index in [-0.39, 0.29) is 5.92 Å². The highest BCUT2D eigenvalue weighted by molar-refractivity contribution is 6.30. The number of hydrogen-bond acceptors (Lipinski definition) is 2. The number of aliphatic carboxylic acids is 1. The molecule has 0 fully saturated rings. The summed E-state index contributed by atoms with van der Waals surface area (Å²) in [6, 6.07) is 7.50. The molecule has 0 radical (unpaired) electrons. The van der Waals surface area contributed by atoms with Crippen molar-refractivity contribution in [3.05, 3.63) is 41.3 Å². The van der Waals surface area contributed by atoms with Gasteiger partial charge in [0.2, 0.25) is 0 Å². The monoisotopic (exact) mass is 276 g/mol. The van der Waals surface area contributed by atoms with E-state index in [0.29, 0.717) is 24.4 Å². The number of halogens is 1. The minimum absolute atomic E-state index is 0.306. The summed E-state index contributed by atoms with van der Waals surface area (Å²) in [5, 5.41) is 9.76. The largest absolute Gasteiger partial charge is 0.481 e. The maximum atomic E-state index is 11.0. The summed E-state index contributed by atoms with van der Waals surface area (Å²) in [4.78, 5) is 15.6. The van der Waals surface area contributed by atoms with Crippen LogP contribution >= 0.6 is 11.6 Å². The van der Waals surface area contributed by atoms with Crippen molar-refractivity contribution in [1.82, 2.24) is 9.55 Å². The molecule has 5 heteroatoms. The first kappa shape index (κ1) is 12.2. The number of nitrogens with zero attached hydrogens (tertiary/aromatic N) is 2. The molecule has 4 nitrogen and oxygen atoms in total. The average Bonchev–Trinajstić information content (AvgIpc) is 2.82. The SMILES string of the molecule is O=C(O)C1CCc2nc(-c3ccc(Cl)cc3)cn2C1. The second-order valence-electron chi connectivity index (χ2n) is 4.78. The first-order valence-electron chi connectivity index (χ1n) is 6.18. The number of aryl methyl sites for hydroxylation is 1. The number of fused-ring (bicyclic) bond motifs is 1. The molecule has 0 bridgehead atoms. The van der Waals surface area contributed by atoms with Gasteiger partial charge in [-0.25, -0.2) is 4.98 Å². The lowest BCUT2D eigenvalue weighted by atomic mass is 10.00. The molecule has 3 rings (SSSR count). The minimum atomic E-state index is -0.729. The molecular formula is C14H13ClN2O2. The third kappa shape index (κ3) is 2.36. The van der Waals surface area contributed by atoms with Crippen molar-refractivity contribution >= 4 is 17.6 Å². The molecule has 0 aliphatic carbocycles. The molecule has 1 aliphatic rings. The lowest BCUT2D eigenvalue weighted by Gasteiger charge is -2.19. The minimum Gasteiger partial charge on any atom is -0.481 e. The Hall–Kier alpha value is -1.81.